The van der Waals surface area contributed by atoms with Crippen molar-refractivity contribution < 1.29 is 26.0 Å². The molecule has 2 saturated heterocycles. The summed E-state index contributed by atoms with van der Waals surface area (Å²) in [5.74, 6) is -1.63. The summed E-state index contributed by atoms with van der Waals surface area (Å²) in [6.45, 7) is 3.19. The normalized spacial score (nSPS) is 18.9. The topological polar surface area (TPSA) is 95.1 Å². The molecule has 2 aromatic rings. The first kappa shape index (κ1) is 27.0. The van der Waals surface area contributed by atoms with E-state index in [1.165, 1.54) is 26.8 Å². The van der Waals surface area contributed by atoms with Crippen LogP contribution < -0.4 is 0 Å². The number of hydrogen-bond donors (Lipinski definition) is 0. The fourth-order valence-corrected chi connectivity index (χ4v) is 7.93. The van der Waals surface area contributed by atoms with E-state index in [0.717, 1.165) is 5.56 Å². The van der Waals surface area contributed by atoms with Gasteiger partial charge in [-0.05, 0) is 44.0 Å². The lowest BCUT2D eigenvalue weighted by atomic mass is 9.96. The van der Waals surface area contributed by atoms with E-state index in [0.29, 0.717) is 12.8 Å². The third-order valence-electron chi connectivity index (χ3n) is 6.79. The Balaban J connectivity index is 1.31. The molecular weight excluding hydrogens is 529 g/mol. The first-order valence-corrected chi connectivity index (χ1v) is 15.2. The highest BCUT2D eigenvalue weighted by Crippen LogP contribution is 2.27. The van der Waals surface area contributed by atoms with Gasteiger partial charge in [-0.3, -0.25) is 4.79 Å². The molecule has 4 rings (SSSR count). The second kappa shape index (κ2) is 10.7. The molecule has 2 fully saturated rings. The van der Waals surface area contributed by atoms with Crippen LogP contribution in [0.3, 0.4) is 0 Å². The fraction of sp³-hybridized carbons (Fsp3) is 0.458. The maximum Gasteiger partial charge on any atom is 0.243 e. The molecule has 0 unspecified atom stereocenters. The van der Waals surface area contributed by atoms with Crippen LogP contribution >= 0.6 is 11.6 Å². The lowest BCUT2D eigenvalue weighted by Gasteiger charge is -2.38. The number of halogens is 2. The summed E-state index contributed by atoms with van der Waals surface area (Å²) < 4.78 is 68.3. The van der Waals surface area contributed by atoms with E-state index in [2.05, 4.69) is 0 Å². The molecular formula is C24H29ClFN3O5S2. The molecule has 8 nitrogen and oxygen atoms in total. The van der Waals surface area contributed by atoms with Crippen LogP contribution in [-0.4, -0.2) is 75.5 Å². The summed E-state index contributed by atoms with van der Waals surface area (Å²) in [5.41, 5.74) is 0.912. The van der Waals surface area contributed by atoms with Crippen LogP contribution in [0.4, 0.5) is 4.39 Å². The van der Waals surface area contributed by atoms with E-state index >= 15 is 0 Å². The average molecular weight is 558 g/mol. The average Bonchev–Trinajstić information content (AvgIpc) is 2.86. The molecule has 0 radical (unpaired) electrons. The number of amides is 1. The van der Waals surface area contributed by atoms with Crippen molar-refractivity contribution in [3.8, 4) is 0 Å². The molecule has 0 N–H and O–H groups in total. The van der Waals surface area contributed by atoms with Gasteiger partial charge in [-0.15, -0.1) is 0 Å². The lowest BCUT2D eigenvalue weighted by molar-refractivity contribution is -0.137. The minimum absolute atomic E-state index is 0.0594. The number of rotatable bonds is 6. The molecule has 0 bridgehead atoms. The Bertz CT molecular complexity index is 1300. The molecule has 196 valence electrons. The second-order valence-corrected chi connectivity index (χ2v) is 13.5. The predicted molar refractivity (Wildman–Crippen MR) is 135 cm³/mol. The molecule has 2 aliphatic heterocycles. The highest BCUT2D eigenvalue weighted by molar-refractivity contribution is 7.89. The third-order valence-corrected chi connectivity index (χ3v) is 10.9. The van der Waals surface area contributed by atoms with Gasteiger partial charge in [0.1, 0.15) is 5.82 Å². The molecule has 12 heteroatoms. The Hall–Kier alpha value is -2.05. The largest absolute Gasteiger partial charge is 0.340 e. The van der Waals surface area contributed by atoms with Crippen LogP contribution in [0.25, 0.3) is 0 Å². The number of benzene rings is 2. The van der Waals surface area contributed by atoms with Gasteiger partial charge in [-0.2, -0.15) is 4.31 Å². The number of carbonyl (C=O) groups excluding carboxylic acids is 1. The van der Waals surface area contributed by atoms with Crippen LogP contribution in [0, 0.1) is 18.7 Å². The highest BCUT2D eigenvalue weighted by atomic mass is 35.5. The van der Waals surface area contributed by atoms with Crippen LogP contribution in [0.2, 0.25) is 5.02 Å². The molecule has 1 amide bonds. The van der Waals surface area contributed by atoms with Gasteiger partial charge in [0.15, 0.2) is 0 Å². The zero-order chi connectivity index (χ0) is 26.1. The van der Waals surface area contributed by atoms with Crippen LogP contribution in [0.5, 0.6) is 0 Å². The number of aryl methyl sites for hydroxylation is 1. The van der Waals surface area contributed by atoms with E-state index in [9.17, 15) is 26.0 Å². The Morgan fingerprint density at radius 1 is 0.917 bits per heavy atom. The minimum atomic E-state index is -3.80. The van der Waals surface area contributed by atoms with Crippen molar-refractivity contribution in [1.29, 1.82) is 0 Å². The standard InChI is InChI=1S/C24H29ClFN3O5S2/c1-18-5-7-20(8-6-18)36(33,34)29-15-13-27(14-16-29)24(30)19-9-11-28(12-10-19)35(31,32)17-21-22(25)3-2-4-23(21)26/h2-8,19H,9-17H2,1H3. The SMILES string of the molecule is Cc1ccc(S(=O)(=O)N2CCN(C(=O)C3CCN(S(=O)(=O)Cc4c(F)cccc4Cl)CC3)CC2)cc1. The zero-order valence-electron chi connectivity index (χ0n) is 19.9. The van der Waals surface area contributed by atoms with Gasteiger partial charge in [0, 0.05) is 55.8 Å². The maximum absolute atomic E-state index is 14.1. The smallest absolute Gasteiger partial charge is 0.243 e. The summed E-state index contributed by atoms with van der Waals surface area (Å²) in [5, 5.41) is 0.0622. The molecule has 2 heterocycles. The minimum Gasteiger partial charge on any atom is -0.340 e. The first-order valence-electron chi connectivity index (χ1n) is 11.8. The number of nitrogens with zero attached hydrogens (tertiary/aromatic N) is 3. The Kier molecular flexibility index (Phi) is 8.06. The van der Waals surface area contributed by atoms with Crippen molar-refractivity contribution in [1.82, 2.24) is 13.5 Å². The van der Waals surface area contributed by atoms with Crippen molar-refractivity contribution >= 4 is 37.6 Å². The number of piperidine rings is 1. The molecule has 2 aromatic carbocycles. The van der Waals surface area contributed by atoms with E-state index in [4.69, 9.17) is 11.6 Å². The van der Waals surface area contributed by atoms with E-state index in [-0.39, 0.29) is 66.6 Å². The molecule has 0 aliphatic carbocycles. The van der Waals surface area contributed by atoms with Gasteiger partial charge in [0.2, 0.25) is 26.0 Å². The van der Waals surface area contributed by atoms with Crippen molar-refractivity contribution in [2.24, 2.45) is 5.92 Å². The molecule has 36 heavy (non-hydrogen) atoms. The van der Waals surface area contributed by atoms with E-state index in [1.807, 2.05) is 6.92 Å². The highest BCUT2D eigenvalue weighted by Gasteiger charge is 2.36. The van der Waals surface area contributed by atoms with Gasteiger partial charge < -0.3 is 4.90 Å². The van der Waals surface area contributed by atoms with Crippen LogP contribution in [0.15, 0.2) is 47.4 Å². The van der Waals surface area contributed by atoms with Gasteiger partial charge in [-0.25, -0.2) is 25.5 Å². The van der Waals surface area contributed by atoms with Crippen molar-refractivity contribution in [3.63, 3.8) is 0 Å². The van der Waals surface area contributed by atoms with Gasteiger partial charge >= 0.3 is 0 Å². The lowest BCUT2D eigenvalue weighted by Crippen LogP contribution is -2.53. The number of hydrogen-bond acceptors (Lipinski definition) is 5. The van der Waals surface area contributed by atoms with Crippen molar-refractivity contribution in [2.75, 3.05) is 39.3 Å². The molecule has 2 aliphatic rings. The Labute approximate surface area is 216 Å². The molecule has 0 atom stereocenters. The third kappa shape index (κ3) is 5.75. The zero-order valence-corrected chi connectivity index (χ0v) is 22.3. The van der Waals surface area contributed by atoms with E-state index in [1.54, 1.807) is 29.2 Å². The second-order valence-electron chi connectivity index (χ2n) is 9.17. The Morgan fingerprint density at radius 2 is 1.53 bits per heavy atom. The van der Waals surface area contributed by atoms with Gasteiger partial charge in [-0.1, -0.05) is 35.4 Å². The van der Waals surface area contributed by atoms with Gasteiger partial charge in [0.05, 0.1) is 10.6 Å². The number of carbonyl (C=O) groups is 1. The summed E-state index contributed by atoms with van der Waals surface area (Å²) >= 11 is 5.99. The summed E-state index contributed by atoms with van der Waals surface area (Å²) in [4.78, 5) is 15.0. The molecule has 0 saturated carbocycles. The van der Waals surface area contributed by atoms with Crippen molar-refractivity contribution in [2.45, 2.75) is 30.4 Å². The summed E-state index contributed by atoms with van der Waals surface area (Å²) in [6, 6.07) is 10.7. The molecule has 0 spiro atoms. The Morgan fingerprint density at radius 3 is 2.11 bits per heavy atom. The number of piperazine rings is 1. The van der Waals surface area contributed by atoms with E-state index < -0.39 is 31.6 Å². The van der Waals surface area contributed by atoms with Crippen LogP contribution in [-0.2, 0) is 30.6 Å². The van der Waals surface area contributed by atoms with Crippen LogP contribution in [0.1, 0.15) is 24.0 Å². The summed E-state index contributed by atoms with van der Waals surface area (Å²) in [6.07, 6.45) is 0.704. The monoisotopic (exact) mass is 557 g/mol. The summed E-state index contributed by atoms with van der Waals surface area (Å²) in [7, 11) is -7.42. The van der Waals surface area contributed by atoms with Crippen molar-refractivity contribution in [3.05, 3.63) is 64.4 Å². The maximum atomic E-state index is 14.1. The molecule has 0 aromatic heterocycles. The van der Waals surface area contributed by atoms with Gasteiger partial charge in [0.25, 0.3) is 0 Å². The fourth-order valence-electron chi connectivity index (χ4n) is 4.59. The predicted octanol–water partition coefficient (Wildman–Crippen LogP) is 2.86. The first-order chi connectivity index (χ1) is 17.0. The quantitative estimate of drug-likeness (QED) is 0.544. The number of sulfonamides is 2.